The van der Waals surface area contributed by atoms with Crippen LogP contribution in [0.15, 0.2) is 24.3 Å². The van der Waals surface area contributed by atoms with Gasteiger partial charge in [-0.15, -0.1) is 11.3 Å². The van der Waals surface area contributed by atoms with Gasteiger partial charge in [0.05, 0.1) is 11.1 Å². The van der Waals surface area contributed by atoms with Crippen LogP contribution in [-0.2, 0) is 10.0 Å². The molecule has 1 aromatic carbocycles. The van der Waals surface area contributed by atoms with Crippen LogP contribution in [0, 0.1) is 5.92 Å². The van der Waals surface area contributed by atoms with Gasteiger partial charge in [-0.25, -0.2) is 8.42 Å². The highest BCUT2D eigenvalue weighted by Gasteiger charge is 2.35. The molecule has 25 heavy (non-hydrogen) atoms. The lowest BCUT2D eigenvalue weighted by molar-refractivity contribution is 0.0622. The van der Waals surface area contributed by atoms with Gasteiger partial charge in [-0.2, -0.15) is 0 Å². The van der Waals surface area contributed by atoms with Crippen molar-refractivity contribution in [1.29, 1.82) is 0 Å². The van der Waals surface area contributed by atoms with Crippen molar-refractivity contribution in [2.45, 2.75) is 18.9 Å². The minimum absolute atomic E-state index is 0.0300. The van der Waals surface area contributed by atoms with Crippen LogP contribution < -0.4 is 10.0 Å². The maximum atomic E-state index is 12.6. The standard InChI is InChI=1S/C17H21N3O3S2/c1-25(22,23)19-13-3-2-12-8-16(24-15(12)9-13)17(21)18-14-10-20-6-4-11(14)5-7-20/h2-3,8-9,11,14,19H,4-7,10H2,1H3,(H,18,21)/t14-/m0/s1. The lowest BCUT2D eigenvalue weighted by Gasteiger charge is -2.44. The monoisotopic (exact) mass is 379 g/mol. The molecular weight excluding hydrogens is 358 g/mol. The van der Waals surface area contributed by atoms with Gasteiger partial charge < -0.3 is 10.2 Å². The van der Waals surface area contributed by atoms with Crippen molar-refractivity contribution in [2.24, 2.45) is 5.92 Å². The maximum absolute atomic E-state index is 12.6. The van der Waals surface area contributed by atoms with E-state index in [0.29, 0.717) is 16.5 Å². The summed E-state index contributed by atoms with van der Waals surface area (Å²) in [7, 11) is -3.31. The van der Waals surface area contributed by atoms with E-state index in [1.54, 1.807) is 12.1 Å². The van der Waals surface area contributed by atoms with Crippen LogP contribution in [0.2, 0.25) is 0 Å². The number of benzene rings is 1. The Morgan fingerprint density at radius 2 is 2.00 bits per heavy atom. The number of nitrogens with zero attached hydrogens (tertiary/aromatic N) is 1. The fraction of sp³-hybridized carbons (Fsp3) is 0.471. The first-order valence-electron chi connectivity index (χ1n) is 8.42. The molecule has 0 unspecified atom stereocenters. The molecule has 5 rings (SSSR count). The Morgan fingerprint density at radius 1 is 1.24 bits per heavy atom. The molecule has 3 aliphatic rings. The van der Waals surface area contributed by atoms with Crippen molar-refractivity contribution in [3.05, 3.63) is 29.1 Å². The molecule has 4 heterocycles. The Morgan fingerprint density at radius 3 is 2.64 bits per heavy atom. The van der Waals surface area contributed by atoms with Gasteiger partial charge in [0, 0.05) is 23.0 Å². The molecule has 3 aliphatic heterocycles. The Bertz CT molecular complexity index is 914. The average molecular weight is 380 g/mol. The van der Waals surface area contributed by atoms with Crippen molar-refractivity contribution < 1.29 is 13.2 Å². The average Bonchev–Trinajstić information content (AvgIpc) is 2.98. The molecule has 2 aromatic rings. The molecule has 8 heteroatoms. The number of rotatable bonds is 4. The number of amides is 1. The van der Waals surface area contributed by atoms with E-state index in [-0.39, 0.29) is 11.9 Å². The van der Waals surface area contributed by atoms with Crippen molar-refractivity contribution in [3.63, 3.8) is 0 Å². The van der Waals surface area contributed by atoms with Gasteiger partial charge in [0.1, 0.15) is 0 Å². The highest BCUT2D eigenvalue weighted by atomic mass is 32.2. The highest BCUT2D eigenvalue weighted by Crippen LogP contribution is 2.30. The maximum Gasteiger partial charge on any atom is 0.261 e. The van der Waals surface area contributed by atoms with Crippen molar-refractivity contribution in [1.82, 2.24) is 10.2 Å². The Hall–Kier alpha value is -1.64. The Kier molecular flexibility index (Phi) is 4.21. The van der Waals surface area contributed by atoms with Gasteiger partial charge >= 0.3 is 0 Å². The predicted octanol–water partition coefficient (Wildman–Crippen LogP) is 2.10. The second-order valence-electron chi connectivity index (χ2n) is 6.96. The zero-order valence-corrected chi connectivity index (χ0v) is 15.6. The molecule has 0 radical (unpaired) electrons. The molecule has 134 valence electrons. The zero-order valence-electron chi connectivity index (χ0n) is 14.0. The van der Waals surface area contributed by atoms with Crippen LogP contribution in [0.5, 0.6) is 0 Å². The third-order valence-corrected chi connectivity index (χ3v) is 6.72. The van der Waals surface area contributed by atoms with Crippen LogP contribution in [0.4, 0.5) is 5.69 Å². The molecule has 2 bridgehead atoms. The second-order valence-corrected chi connectivity index (χ2v) is 9.79. The largest absolute Gasteiger partial charge is 0.347 e. The summed E-state index contributed by atoms with van der Waals surface area (Å²) < 4.78 is 26.1. The molecular formula is C17H21N3O3S2. The van der Waals surface area contributed by atoms with Crippen molar-refractivity contribution >= 4 is 43.0 Å². The number of sulfonamides is 1. The first-order valence-corrected chi connectivity index (χ1v) is 11.1. The van der Waals surface area contributed by atoms with Crippen LogP contribution in [0.3, 0.4) is 0 Å². The van der Waals surface area contributed by atoms with E-state index in [0.717, 1.165) is 48.8 Å². The number of anilines is 1. The number of carbonyl (C=O) groups is 1. The molecule has 1 amide bonds. The van der Waals surface area contributed by atoms with E-state index in [1.165, 1.54) is 11.3 Å². The first kappa shape index (κ1) is 16.8. The fourth-order valence-corrected chi connectivity index (χ4v) is 5.35. The van der Waals surface area contributed by atoms with E-state index >= 15 is 0 Å². The molecule has 0 spiro atoms. The van der Waals surface area contributed by atoms with Crippen molar-refractivity contribution in [3.8, 4) is 0 Å². The fourth-order valence-electron chi connectivity index (χ4n) is 3.79. The summed E-state index contributed by atoms with van der Waals surface area (Å²) in [6.45, 7) is 3.25. The highest BCUT2D eigenvalue weighted by molar-refractivity contribution is 7.92. The van der Waals surface area contributed by atoms with Gasteiger partial charge in [0.25, 0.3) is 5.91 Å². The van der Waals surface area contributed by atoms with Crippen LogP contribution >= 0.6 is 11.3 Å². The summed E-state index contributed by atoms with van der Waals surface area (Å²) in [5.41, 5.74) is 0.515. The van der Waals surface area contributed by atoms with Gasteiger partial charge in [-0.3, -0.25) is 9.52 Å². The minimum atomic E-state index is -3.31. The van der Waals surface area contributed by atoms with Crippen LogP contribution in [0.1, 0.15) is 22.5 Å². The van der Waals surface area contributed by atoms with Gasteiger partial charge in [-0.1, -0.05) is 6.07 Å². The summed E-state index contributed by atoms with van der Waals surface area (Å²) >= 11 is 1.39. The van der Waals surface area contributed by atoms with Gasteiger partial charge in [0.2, 0.25) is 10.0 Å². The van der Waals surface area contributed by atoms with Crippen LogP contribution in [-0.4, -0.2) is 51.2 Å². The lowest BCUT2D eigenvalue weighted by Crippen LogP contribution is -2.57. The number of piperidine rings is 3. The van der Waals surface area contributed by atoms with Crippen molar-refractivity contribution in [2.75, 3.05) is 30.6 Å². The van der Waals surface area contributed by atoms with Crippen LogP contribution in [0.25, 0.3) is 10.1 Å². The number of thiophene rings is 1. The van der Waals surface area contributed by atoms with Gasteiger partial charge in [0.15, 0.2) is 0 Å². The predicted molar refractivity (Wildman–Crippen MR) is 101 cm³/mol. The first-order chi connectivity index (χ1) is 11.9. The van der Waals surface area contributed by atoms with E-state index in [1.807, 2.05) is 12.1 Å². The smallest absolute Gasteiger partial charge is 0.261 e. The molecule has 1 atom stereocenters. The lowest BCUT2D eigenvalue weighted by atomic mass is 9.84. The number of nitrogens with one attached hydrogen (secondary N) is 2. The molecule has 3 saturated heterocycles. The summed E-state index contributed by atoms with van der Waals surface area (Å²) in [5, 5.41) is 4.15. The Labute approximate surface area is 151 Å². The molecule has 3 fully saturated rings. The van der Waals surface area contributed by atoms with E-state index in [9.17, 15) is 13.2 Å². The SMILES string of the molecule is CS(=O)(=O)Nc1ccc2cc(C(=O)N[C@H]3CN4CCC3CC4)sc2c1. The third-order valence-electron chi connectivity index (χ3n) is 5.02. The quantitative estimate of drug-likeness (QED) is 0.853. The Balaban J connectivity index is 1.52. The molecule has 6 nitrogen and oxygen atoms in total. The third kappa shape index (κ3) is 3.65. The molecule has 1 aromatic heterocycles. The number of hydrogen-bond donors (Lipinski definition) is 2. The molecule has 2 N–H and O–H groups in total. The zero-order chi connectivity index (χ0) is 17.6. The normalized spacial score (nSPS) is 25.9. The molecule has 0 aliphatic carbocycles. The number of hydrogen-bond acceptors (Lipinski definition) is 5. The topological polar surface area (TPSA) is 78.5 Å². The summed E-state index contributed by atoms with van der Waals surface area (Å²) in [4.78, 5) is 15.7. The minimum Gasteiger partial charge on any atom is -0.347 e. The number of fused-ring (bicyclic) bond motifs is 4. The summed E-state index contributed by atoms with van der Waals surface area (Å²) in [6, 6.07) is 7.44. The second kappa shape index (κ2) is 6.26. The summed E-state index contributed by atoms with van der Waals surface area (Å²) in [6.07, 6.45) is 3.45. The van der Waals surface area contributed by atoms with Gasteiger partial charge in [-0.05, 0) is 55.4 Å². The summed E-state index contributed by atoms with van der Waals surface area (Å²) in [5.74, 6) is 0.562. The number of carbonyl (C=O) groups excluding carboxylic acids is 1. The van der Waals surface area contributed by atoms with E-state index in [2.05, 4.69) is 14.9 Å². The molecule has 0 saturated carbocycles. The van der Waals surface area contributed by atoms with E-state index in [4.69, 9.17) is 0 Å². The van der Waals surface area contributed by atoms with E-state index < -0.39 is 10.0 Å².